The fraction of sp³-hybridized carbons (Fsp3) is 0.667. The van der Waals surface area contributed by atoms with Crippen LogP contribution in [0.1, 0.15) is 39.2 Å². The van der Waals surface area contributed by atoms with Crippen molar-refractivity contribution in [1.82, 2.24) is 0 Å². The van der Waals surface area contributed by atoms with Gasteiger partial charge in [0.1, 0.15) is 6.54 Å². The lowest BCUT2D eigenvalue weighted by Gasteiger charge is -2.14. The van der Waals surface area contributed by atoms with Crippen molar-refractivity contribution in [3.05, 3.63) is 23.8 Å². The smallest absolute Gasteiger partial charge is 0.161 e. The molecule has 126 valence electrons. The third kappa shape index (κ3) is 6.67. The van der Waals surface area contributed by atoms with Crippen molar-refractivity contribution in [1.29, 1.82) is 0 Å². The van der Waals surface area contributed by atoms with Crippen LogP contribution in [-0.4, -0.2) is 39.9 Å². The fourth-order valence-corrected chi connectivity index (χ4v) is 2.54. The predicted molar refractivity (Wildman–Crippen MR) is 90.8 cm³/mol. The van der Waals surface area contributed by atoms with Crippen molar-refractivity contribution in [2.24, 2.45) is 0 Å². The van der Waals surface area contributed by atoms with Gasteiger partial charge in [-0.15, -0.1) is 0 Å². The standard InChI is InChI=1S/C18H32N2O2/c1-5-13-22-17-10-9-16(14-18(17)21-4)15-19-11-8-12-20(6-2)7-3/h9-10,14,19H,5-8,11-13,15H2,1-4H3/p+2. The van der Waals surface area contributed by atoms with E-state index >= 15 is 0 Å². The van der Waals surface area contributed by atoms with Crippen LogP contribution in [0.25, 0.3) is 0 Å². The topological polar surface area (TPSA) is 39.5 Å². The largest absolute Gasteiger partial charge is 0.493 e. The number of nitrogens with one attached hydrogen (secondary N) is 1. The summed E-state index contributed by atoms with van der Waals surface area (Å²) in [5.74, 6) is 1.69. The normalized spacial score (nSPS) is 11.0. The summed E-state index contributed by atoms with van der Waals surface area (Å²) in [6, 6.07) is 6.26. The van der Waals surface area contributed by atoms with E-state index in [1.165, 1.54) is 38.2 Å². The Balaban J connectivity index is 2.36. The van der Waals surface area contributed by atoms with E-state index in [4.69, 9.17) is 9.47 Å². The molecule has 0 aromatic heterocycles. The zero-order valence-electron chi connectivity index (χ0n) is 14.8. The molecule has 0 radical (unpaired) electrons. The summed E-state index contributed by atoms with van der Waals surface area (Å²) < 4.78 is 11.1. The molecule has 0 atom stereocenters. The zero-order chi connectivity index (χ0) is 16.2. The molecular formula is C18H34N2O2+2. The molecule has 0 unspecified atom stereocenters. The van der Waals surface area contributed by atoms with E-state index in [-0.39, 0.29) is 0 Å². The number of nitrogens with two attached hydrogens (primary N) is 1. The Morgan fingerprint density at radius 2 is 1.86 bits per heavy atom. The van der Waals surface area contributed by atoms with E-state index in [2.05, 4.69) is 38.2 Å². The number of ether oxygens (including phenoxy) is 2. The molecule has 0 fully saturated rings. The summed E-state index contributed by atoms with van der Waals surface area (Å²) in [4.78, 5) is 1.69. The maximum Gasteiger partial charge on any atom is 0.161 e. The molecule has 0 amide bonds. The van der Waals surface area contributed by atoms with E-state index in [0.29, 0.717) is 0 Å². The van der Waals surface area contributed by atoms with Crippen molar-refractivity contribution in [2.45, 2.75) is 40.2 Å². The maximum atomic E-state index is 5.69. The number of benzene rings is 1. The van der Waals surface area contributed by atoms with E-state index in [1.54, 1.807) is 12.0 Å². The van der Waals surface area contributed by atoms with Crippen LogP contribution >= 0.6 is 0 Å². The van der Waals surface area contributed by atoms with Crippen LogP contribution in [0.4, 0.5) is 0 Å². The SMILES string of the molecule is CCCOc1ccc(C[NH2+]CCC[NH+](CC)CC)cc1OC. The second-order valence-electron chi connectivity index (χ2n) is 5.68. The van der Waals surface area contributed by atoms with Crippen LogP contribution in [0.2, 0.25) is 0 Å². The first kappa shape index (κ1) is 18.8. The van der Waals surface area contributed by atoms with Gasteiger partial charge in [0.05, 0.1) is 39.9 Å². The molecule has 0 saturated carbocycles. The van der Waals surface area contributed by atoms with Crippen molar-refractivity contribution in [3.8, 4) is 11.5 Å². The number of methoxy groups -OCH3 is 1. The Labute approximate surface area is 135 Å². The Bertz CT molecular complexity index is 406. The highest BCUT2D eigenvalue weighted by atomic mass is 16.5. The van der Waals surface area contributed by atoms with Crippen molar-refractivity contribution in [3.63, 3.8) is 0 Å². The molecule has 1 rings (SSSR count). The minimum atomic E-state index is 0.732. The molecule has 0 spiro atoms. The molecule has 0 aliphatic carbocycles. The molecule has 0 aliphatic heterocycles. The first-order valence-electron chi connectivity index (χ1n) is 8.70. The average molecular weight is 310 g/mol. The maximum absolute atomic E-state index is 5.69. The monoisotopic (exact) mass is 310 g/mol. The highest BCUT2D eigenvalue weighted by Gasteiger charge is 2.07. The number of quaternary nitrogens is 2. The summed E-state index contributed by atoms with van der Waals surface area (Å²) in [5, 5.41) is 2.38. The Morgan fingerprint density at radius 1 is 1.09 bits per heavy atom. The third-order valence-electron chi connectivity index (χ3n) is 4.01. The molecule has 1 aromatic rings. The van der Waals surface area contributed by atoms with Crippen molar-refractivity contribution < 1.29 is 19.7 Å². The second kappa shape index (κ2) is 11.3. The first-order valence-corrected chi connectivity index (χ1v) is 8.70. The third-order valence-corrected chi connectivity index (χ3v) is 4.01. The quantitative estimate of drug-likeness (QED) is 0.562. The van der Waals surface area contributed by atoms with Gasteiger partial charge in [-0.25, -0.2) is 0 Å². The molecule has 4 nitrogen and oxygen atoms in total. The summed E-state index contributed by atoms with van der Waals surface area (Å²) in [5.41, 5.74) is 1.29. The number of rotatable bonds is 12. The summed E-state index contributed by atoms with van der Waals surface area (Å²) in [6.07, 6.45) is 2.28. The van der Waals surface area contributed by atoms with Gasteiger partial charge in [-0.1, -0.05) is 6.92 Å². The number of hydrogen-bond acceptors (Lipinski definition) is 2. The lowest BCUT2D eigenvalue weighted by molar-refractivity contribution is -0.898. The van der Waals surface area contributed by atoms with Gasteiger partial charge in [-0.05, 0) is 38.5 Å². The molecule has 4 heteroatoms. The van der Waals surface area contributed by atoms with Crippen LogP contribution in [0.3, 0.4) is 0 Å². The van der Waals surface area contributed by atoms with E-state index in [0.717, 1.165) is 31.1 Å². The molecule has 22 heavy (non-hydrogen) atoms. The predicted octanol–water partition coefficient (Wildman–Crippen LogP) is 0.862. The Hall–Kier alpha value is -1.26. The molecule has 0 saturated heterocycles. The minimum absolute atomic E-state index is 0.732. The summed E-state index contributed by atoms with van der Waals surface area (Å²) in [6.45, 7) is 13.3. The van der Waals surface area contributed by atoms with Gasteiger partial charge in [-0.2, -0.15) is 0 Å². The lowest BCUT2D eigenvalue weighted by atomic mass is 10.2. The lowest BCUT2D eigenvalue weighted by Crippen LogP contribution is -3.11. The summed E-state index contributed by atoms with van der Waals surface area (Å²) >= 11 is 0. The fourth-order valence-electron chi connectivity index (χ4n) is 2.54. The Morgan fingerprint density at radius 3 is 2.50 bits per heavy atom. The summed E-state index contributed by atoms with van der Waals surface area (Å²) in [7, 11) is 1.70. The highest BCUT2D eigenvalue weighted by Crippen LogP contribution is 2.27. The number of hydrogen-bond donors (Lipinski definition) is 2. The molecule has 1 aromatic carbocycles. The molecule has 3 N–H and O–H groups in total. The zero-order valence-corrected chi connectivity index (χ0v) is 14.8. The molecule has 0 bridgehead atoms. The second-order valence-corrected chi connectivity index (χ2v) is 5.68. The van der Waals surface area contributed by atoms with Gasteiger partial charge >= 0.3 is 0 Å². The van der Waals surface area contributed by atoms with Crippen molar-refractivity contribution in [2.75, 3.05) is 39.9 Å². The molecule has 0 aliphatic rings. The highest BCUT2D eigenvalue weighted by molar-refractivity contribution is 5.42. The molecular weight excluding hydrogens is 276 g/mol. The van der Waals surface area contributed by atoms with Gasteiger partial charge in [0, 0.05) is 12.0 Å². The minimum Gasteiger partial charge on any atom is -0.493 e. The van der Waals surface area contributed by atoms with Crippen LogP contribution in [0.5, 0.6) is 11.5 Å². The van der Waals surface area contributed by atoms with E-state index < -0.39 is 0 Å². The average Bonchev–Trinajstić information content (AvgIpc) is 2.56. The van der Waals surface area contributed by atoms with Gasteiger partial charge in [0.2, 0.25) is 0 Å². The van der Waals surface area contributed by atoms with Crippen LogP contribution < -0.4 is 19.7 Å². The van der Waals surface area contributed by atoms with Gasteiger partial charge in [0.15, 0.2) is 11.5 Å². The van der Waals surface area contributed by atoms with Crippen LogP contribution in [0.15, 0.2) is 18.2 Å². The van der Waals surface area contributed by atoms with Gasteiger partial charge in [-0.3, -0.25) is 0 Å². The van der Waals surface area contributed by atoms with Gasteiger partial charge < -0.3 is 19.7 Å². The van der Waals surface area contributed by atoms with Crippen LogP contribution in [-0.2, 0) is 6.54 Å². The Kier molecular flexibility index (Phi) is 9.67. The van der Waals surface area contributed by atoms with E-state index in [9.17, 15) is 0 Å². The van der Waals surface area contributed by atoms with Gasteiger partial charge in [0.25, 0.3) is 0 Å². The molecule has 0 heterocycles. The first-order chi connectivity index (χ1) is 10.7. The van der Waals surface area contributed by atoms with E-state index in [1.807, 2.05) is 6.07 Å². The van der Waals surface area contributed by atoms with Crippen molar-refractivity contribution >= 4 is 0 Å². The van der Waals surface area contributed by atoms with Crippen LogP contribution in [0, 0.1) is 0 Å².